The van der Waals surface area contributed by atoms with E-state index in [4.69, 9.17) is 18.9 Å². The van der Waals surface area contributed by atoms with Crippen LogP contribution in [0, 0.1) is 3.57 Å². The van der Waals surface area contributed by atoms with Crippen LogP contribution < -0.4 is 18.9 Å². The van der Waals surface area contributed by atoms with Crippen LogP contribution in [0.1, 0.15) is 32.6 Å². The van der Waals surface area contributed by atoms with Gasteiger partial charge in [-0.25, -0.2) is 0 Å². The van der Waals surface area contributed by atoms with Crippen molar-refractivity contribution in [2.24, 2.45) is 0 Å². The van der Waals surface area contributed by atoms with E-state index < -0.39 is 0 Å². The first-order chi connectivity index (χ1) is 19.0. The van der Waals surface area contributed by atoms with Gasteiger partial charge in [-0.05, 0) is 69.6 Å². The summed E-state index contributed by atoms with van der Waals surface area (Å²) in [4.78, 5) is 15.9. The van der Waals surface area contributed by atoms with Crippen LogP contribution in [-0.2, 0) is 13.2 Å². The first-order valence-electron chi connectivity index (χ1n) is 12.4. The Hall–Kier alpha value is -3.98. The van der Waals surface area contributed by atoms with Gasteiger partial charge in [0.05, 0.1) is 39.1 Å². The topological polar surface area (TPSA) is 57.2 Å². The molecule has 1 aliphatic rings. The molecule has 0 atom stereocenters. The molecule has 0 unspecified atom stereocenters. The number of halogens is 1. The second kappa shape index (κ2) is 11.8. The van der Waals surface area contributed by atoms with Gasteiger partial charge in [-0.15, -0.1) is 0 Å². The number of rotatable bonds is 9. The molecule has 0 spiro atoms. The second-order valence-electron chi connectivity index (χ2n) is 8.93. The molecule has 5 rings (SSSR count). The summed E-state index contributed by atoms with van der Waals surface area (Å²) in [6.45, 7) is 0.680. The van der Waals surface area contributed by atoms with Gasteiger partial charge < -0.3 is 23.8 Å². The Balaban J connectivity index is 1.63. The van der Waals surface area contributed by atoms with Gasteiger partial charge in [0, 0.05) is 9.13 Å². The fraction of sp³-hybridized carbons (Fsp3) is 0.156. The summed E-state index contributed by atoms with van der Waals surface area (Å²) in [5.74, 6) is 1.85. The highest BCUT2D eigenvalue weighted by molar-refractivity contribution is 14.1. The van der Waals surface area contributed by atoms with Gasteiger partial charge in [-0.1, -0.05) is 60.7 Å². The Bertz CT molecular complexity index is 1520. The summed E-state index contributed by atoms with van der Waals surface area (Å²) in [6, 6.07) is 27.5. The lowest BCUT2D eigenvalue weighted by atomic mass is 10.0. The minimum absolute atomic E-state index is 0.165. The zero-order valence-corrected chi connectivity index (χ0v) is 24.1. The average molecular weight is 633 g/mol. The lowest BCUT2D eigenvalue weighted by Gasteiger charge is -2.19. The standard InChI is InChI=1S/C32H28INO5/c1-36-24-15-13-21(14-16-24)19-34-27(17-23-11-7-8-12-26(23)33)25-18-28(37-2)30(31(38-3)29(25)32(34)35)39-20-22-9-5-4-6-10-22/h4-18H,19-20H2,1-3H3/b27-17+. The van der Waals surface area contributed by atoms with E-state index in [1.807, 2.05) is 91.0 Å². The predicted octanol–water partition coefficient (Wildman–Crippen LogP) is 7.05. The van der Waals surface area contributed by atoms with Gasteiger partial charge in [0.1, 0.15) is 12.4 Å². The van der Waals surface area contributed by atoms with E-state index in [-0.39, 0.29) is 5.91 Å². The number of benzene rings is 4. The Morgan fingerprint density at radius 2 is 1.51 bits per heavy atom. The molecule has 0 bridgehead atoms. The minimum Gasteiger partial charge on any atom is -0.497 e. The maximum Gasteiger partial charge on any atom is 0.263 e. The molecule has 4 aromatic rings. The molecule has 0 radical (unpaired) electrons. The summed E-state index contributed by atoms with van der Waals surface area (Å²) < 4.78 is 24.2. The van der Waals surface area contributed by atoms with E-state index in [9.17, 15) is 4.79 Å². The van der Waals surface area contributed by atoms with Gasteiger partial charge in [0.15, 0.2) is 11.5 Å². The predicted molar refractivity (Wildman–Crippen MR) is 160 cm³/mol. The third kappa shape index (κ3) is 5.45. The van der Waals surface area contributed by atoms with Crippen LogP contribution in [0.3, 0.4) is 0 Å². The van der Waals surface area contributed by atoms with Crippen molar-refractivity contribution >= 4 is 40.3 Å². The van der Waals surface area contributed by atoms with Crippen LogP contribution >= 0.6 is 22.6 Å². The quantitative estimate of drug-likeness (QED) is 0.185. The Morgan fingerprint density at radius 3 is 2.18 bits per heavy atom. The van der Waals surface area contributed by atoms with Crippen LogP contribution in [0.25, 0.3) is 11.8 Å². The molecular formula is C32H28INO5. The van der Waals surface area contributed by atoms with E-state index in [0.29, 0.717) is 36.0 Å². The van der Waals surface area contributed by atoms with Crippen molar-refractivity contribution in [3.05, 3.63) is 116 Å². The van der Waals surface area contributed by atoms with Crippen molar-refractivity contribution in [2.45, 2.75) is 13.2 Å². The zero-order valence-electron chi connectivity index (χ0n) is 21.9. The fourth-order valence-electron chi connectivity index (χ4n) is 4.60. The summed E-state index contributed by atoms with van der Waals surface area (Å²) in [5.41, 5.74) is 4.92. The molecule has 0 saturated heterocycles. The first kappa shape index (κ1) is 26.6. The fourth-order valence-corrected chi connectivity index (χ4v) is 5.14. The van der Waals surface area contributed by atoms with Gasteiger partial charge in [-0.2, -0.15) is 0 Å². The maximum atomic E-state index is 14.1. The normalized spacial score (nSPS) is 13.4. The number of carbonyl (C=O) groups excluding carboxylic acids is 1. The molecule has 6 nitrogen and oxygen atoms in total. The summed E-state index contributed by atoms with van der Waals surface area (Å²) in [7, 11) is 4.77. The zero-order chi connectivity index (χ0) is 27.4. The monoisotopic (exact) mass is 633 g/mol. The van der Waals surface area contributed by atoms with Crippen molar-refractivity contribution < 1.29 is 23.7 Å². The van der Waals surface area contributed by atoms with Crippen LogP contribution in [0.5, 0.6) is 23.0 Å². The number of ether oxygens (including phenoxy) is 4. The largest absolute Gasteiger partial charge is 0.497 e. The number of amides is 1. The van der Waals surface area contributed by atoms with Gasteiger partial charge in [0.2, 0.25) is 5.75 Å². The van der Waals surface area contributed by atoms with E-state index in [2.05, 4.69) is 22.6 Å². The van der Waals surface area contributed by atoms with Crippen LogP contribution in [0.15, 0.2) is 84.9 Å². The van der Waals surface area contributed by atoms with Gasteiger partial charge in [0.25, 0.3) is 5.91 Å². The van der Waals surface area contributed by atoms with Crippen molar-refractivity contribution in [1.82, 2.24) is 4.90 Å². The molecule has 0 aliphatic carbocycles. The van der Waals surface area contributed by atoms with Crippen molar-refractivity contribution in [3.8, 4) is 23.0 Å². The van der Waals surface area contributed by atoms with Gasteiger partial charge >= 0.3 is 0 Å². The molecule has 0 saturated carbocycles. The molecule has 0 fully saturated rings. The third-order valence-corrected chi connectivity index (χ3v) is 7.56. The lowest BCUT2D eigenvalue weighted by Crippen LogP contribution is -2.23. The van der Waals surface area contributed by atoms with Crippen molar-refractivity contribution in [3.63, 3.8) is 0 Å². The maximum absolute atomic E-state index is 14.1. The summed E-state index contributed by atoms with van der Waals surface area (Å²) in [6.07, 6.45) is 2.04. The Morgan fingerprint density at radius 1 is 0.795 bits per heavy atom. The van der Waals surface area contributed by atoms with Crippen molar-refractivity contribution in [1.29, 1.82) is 0 Å². The Kier molecular flexibility index (Phi) is 8.07. The molecule has 39 heavy (non-hydrogen) atoms. The minimum atomic E-state index is -0.165. The molecule has 1 aliphatic heterocycles. The summed E-state index contributed by atoms with van der Waals surface area (Å²) >= 11 is 2.31. The number of fused-ring (bicyclic) bond motifs is 1. The number of hydrogen-bond donors (Lipinski definition) is 0. The Labute approximate surface area is 241 Å². The van der Waals surface area contributed by atoms with Crippen molar-refractivity contribution in [2.75, 3.05) is 21.3 Å². The molecule has 4 aromatic carbocycles. The second-order valence-corrected chi connectivity index (χ2v) is 10.1. The van der Waals surface area contributed by atoms with E-state index >= 15 is 0 Å². The highest BCUT2D eigenvalue weighted by Crippen LogP contribution is 2.49. The van der Waals surface area contributed by atoms with Crippen LogP contribution in [-0.4, -0.2) is 32.1 Å². The first-order valence-corrected chi connectivity index (χ1v) is 13.5. The van der Waals surface area contributed by atoms with E-state index in [0.717, 1.165) is 37.3 Å². The third-order valence-electron chi connectivity index (χ3n) is 6.57. The molecule has 198 valence electrons. The number of hydrogen-bond acceptors (Lipinski definition) is 5. The molecule has 0 aromatic heterocycles. The highest BCUT2D eigenvalue weighted by Gasteiger charge is 2.38. The SMILES string of the molecule is COc1ccc(CN2C(=O)c3c(cc(OC)c(OCc4ccccc4)c3OC)/C2=C\c2ccccc2I)cc1. The molecule has 1 amide bonds. The highest BCUT2D eigenvalue weighted by atomic mass is 127. The van der Waals surface area contributed by atoms with Crippen LogP contribution in [0.2, 0.25) is 0 Å². The smallest absolute Gasteiger partial charge is 0.263 e. The van der Waals surface area contributed by atoms with E-state index in [1.165, 1.54) is 0 Å². The molecule has 7 heteroatoms. The van der Waals surface area contributed by atoms with Crippen LogP contribution in [0.4, 0.5) is 0 Å². The average Bonchev–Trinajstić information content (AvgIpc) is 3.23. The number of methoxy groups -OCH3 is 3. The number of carbonyl (C=O) groups is 1. The molecule has 1 heterocycles. The number of nitrogens with zero attached hydrogens (tertiary/aromatic N) is 1. The molecule has 0 N–H and O–H groups in total. The lowest BCUT2D eigenvalue weighted by molar-refractivity contribution is 0.0840. The van der Waals surface area contributed by atoms with E-state index in [1.54, 1.807) is 26.2 Å². The summed E-state index contributed by atoms with van der Waals surface area (Å²) in [5, 5.41) is 0. The van der Waals surface area contributed by atoms with Gasteiger partial charge in [-0.3, -0.25) is 4.79 Å². The molecular weight excluding hydrogens is 605 g/mol.